The van der Waals surface area contributed by atoms with Crippen molar-refractivity contribution in [2.45, 2.75) is 31.8 Å². The molecule has 0 spiro atoms. The number of hydrogen-bond acceptors (Lipinski definition) is 6. The second kappa shape index (κ2) is 9.54. The maximum atomic E-state index is 12.8. The molecule has 0 unspecified atom stereocenters. The Hall–Kier alpha value is -2.52. The number of halogens is 2. The number of rotatable bonds is 5. The predicted octanol–water partition coefficient (Wildman–Crippen LogP) is 4.99. The summed E-state index contributed by atoms with van der Waals surface area (Å²) < 4.78 is 17.6. The molecule has 4 rings (SSSR count). The third kappa shape index (κ3) is 4.49. The van der Waals surface area contributed by atoms with Crippen LogP contribution in [0.3, 0.4) is 0 Å². The minimum absolute atomic E-state index is 0.0505. The minimum Gasteiger partial charge on any atom is -0.487 e. The quantitative estimate of drug-likeness (QED) is 0.406. The monoisotopic (exact) mass is 565 g/mol. The fourth-order valence-electron chi connectivity index (χ4n) is 3.95. The van der Waals surface area contributed by atoms with Gasteiger partial charge < -0.3 is 19.9 Å². The van der Waals surface area contributed by atoms with E-state index in [9.17, 15) is 9.59 Å². The molecule has 0 radical (unpaired) electrons. The van der Waals surface area contributed by atoms with Crippen molar-refractivity contribution in [1.29, 1.82) is 0 Å². The molecule has 6 nitrogen and oxygen atoms in total. The largest absolute Gasteiger partial charge is 0.487 e. The number of carbonyl (C=O) groups is 2. The number of ketones is 1. The van der Waals surface area contributed by atoms with E-state index >= 15 is 0 Å². The Labute approximate surface area is 204 Å². The lowest BCUT2D eigenvalue weighted by molar-refractivity contribution is -0.136. The summed E-state index contributed by atoms with van der Waals surface area (Å²) in [5, 5.41) is 0.368. The topological polar surface area (TPSA) is 87.9 Å². The molecule has 8 heteroatoms. The number of nitrogens with two attached hydrogens (primary N) is 1. The van der Waals surface area contributed by atoms with Crippen LogP contribution in [0, 0.1) is 3.57 Å². The first-order valence-corrected chi connectivity index (χ1v) is 11.5. The van der Waals surface area contributed by atoms with Gasteiger partial charge in [0.1, 0.15) is 23.7 Å². The Morgan fingerprint density at radius 1 is 1.22 bits per heavy atom. The zero-order valence-electron chi connectivity index (χ0n) is 17.3. The molecular formula is C24H21ClINO5. The van der Waals surface area contributed by atoms with Crippen molar-refractivity contribution >= 4 is 45.9 Å². The Kier molecular flexibility index (Phi) is 6.76. The Bertz CT molecular complexity index is 1140. The summed E-state index contributed by atoms with van der Waals surface area (Å²) in [5.41, 5.74) is 8.28. The number of Topliss-reactive ketones (excluding diaryl/α,β-unsaturated/α-hetero) is 1. The van der Waals surface area contributed by atoms with Gasteiger partial charge in [0.15, 0.2) is 5.78 Å². The van der Waals surface area contributed by atoms with Crippen LogP contribution in [0.25, 0.3) is 0 Å². The van der Waals surface area contributed by atoms with Crippen molar-refractivity contribution in [3.8, 4) is 5.75 Å². The highest BCUT2D eigenvalue weighted by Crippen LogP contribution is 2.45. The zero-order valence-corrected chi connectivity index (χ0v) is 20.2. The number of methoxy groups -OCH3 is 1. The molecule has 0 saturated carbocycles. The highest BCUT2D eigenvalue weighted by molar-refractivity contribution is 14.1. The van der Waals surface area contributed by atoms with Gasteiger partial charge in [-0.25, -0.2) is 4.79 Å². The standard InChI is InChI=1S/C24H21ClINO5/c1-30-24(29)22-20(21-17(28)3-2-4-19(21)32-23(22)27)14-7-10-18(16(25)11-14)31-12-13-5-8-15(26)9-6-13/h5-11,20H,2-4,12,27H2,1H3/t20-/m0/s1. The summed E-state index contributed by atoms with van der Waals surface area (Å²) in [6.07, 6.45) is 1.65. The third-order valence-corrected chi connectivity index (χ3v) is 6.50. The summed E-state index contributed by atoms with van der Waals surface area (Å²) in [7, 11) is 1.26. The lowest BCUT2D eigenvalue weighted by atomic mass is 9.77. The summed E-state index contributed by atoms with van der Waals surface area (Å²) in [5.74, 6) is -0.464. The van der Waals surface area contributed by atoms with E-state index in [-0.39, 0.29) is 17.2 Å². The maximum absolute atomic E-state index is 12.8. The molecule has 2 aromatic carbocycles. The number of allylic oxidation sites excluding steroid dienone is 2. The van der Waals surface area contributed by atoms with Gasteiger partial charge in [-0.2, -0.15) is 0 Å². The van der Waals surface area contributed by atoms with Crippen LogP contribution in [0.4, 0.5) is 0 Å². The second-order valence-corrected chi connectivity index (χ2v) is 9.18. The van der Waals surface area contributed by atoms with Crippen LogP contribution in [0.15, 0.2) is 65.3 Å². The van der Waals surface area contributed by atoms with Gasteiger partial charge in [-0.3, -0.25) is 4.79 Å². The first kappa shape index (κ1) is 22.7. The predicted molar refractivity (Wildman–Crippen MR) is 128 cm³/mol. The van der Waals surface area contributed by atoms with E-state index in [2.05, 4.69) is 22.6 Å². The van der Waals surface area contributed by atoms with Crippen molar-refractivity contribution < 1.29 is 23.8 Å². The van der Waals surface area contributed by atoms with Crippen LogP contribution in [0.5, 0.6) is 5.75 Å². The van der Waals surface area contributed by atoms with Gasteiger partial charge >= 0.3 is 5.97 Å². The molecule has 0 fully saturated rings. The molecule has 166 valence electrons. The molecule has 0 aromatic heterocycles. The Balaban J connectivity index is 1.67. The molecule has 0 saturated heterocycles. The van der Waals surface area contributed by atoms with Crippen LogP contribution in [-0.4, -0.2) is 18.9 Å². The van der Waals surface area contributed by atoms with Gasteiger partial charge in [0.2, 0.25) is 5.88 Å². The SMILES string of the molecule is COC(=O)C1=C(N)OC2=C(C(=O)CCC2)[C@@H]1c1ccc(OCc2ccc(I)cc2)c(Cl)c1. The van der Waals surface area contributed by atoms with E-state index in [0.29, 0.717) is 53.5 Å². The number of hydrogen-bond donors (Lipinski definition) is 1. The normalized spacial score (nSPS) is 18.2. The molecule has 2 aromatic rings. The van der Waals surface area contributed by atoms with Gasteiger partial charge in [-0.05, 0) is 64.4 Å². The molecule has 0 bridgehead atoms. The molecule has 32 heavy (non-hydrogen) atoms. The molecule has 2 N–H and O–H groups in total. The van der Waals surface area contributed by atoms with Crippen LogP contribution in [0.1, 0.15) is 36.3 Å². The molecule has 1 aliphatic carbocycles. The fourth-order valence-corrected chi connectivity index (χ4v) is 4.56. The van der Waals surface area contributed by atoms with Crippen molar-refractivity contribution in [2.75, 3.05) is 7.11 Å². The molecule has 1 atom stereocenters. The summed E-state index contributed by atoms with van der Waals surface area (Å²) in [6, 6.07) is 13.2. The van der Waals surface area contributed by atoms with Crippen LogP contribution in [0.2, 0.25) is 5.02 Å². The summed E-state index contributed by atoms with van der Waals surface area (Å²) >= 11 is 8.77. The molecule has 1 heterocycles. The van der Waals surface area contributed by atoms with Gasteiger partial charge in [0.25, 0.3) is 0 Å². The molecule has 0 amide bonds. The first-order chi connectivity index (χ1) is 15.4. The maximum Gasteiger partial charge on any atom is 0.340 e. The Morgan fingerprint density at radius 3 is 2.66 bits per heavy atom. The number of esters is 1. The van der Waals surface area contributed by atoms with E-state index < -0.39 is 11.9 Å². The number of benzene rings is 2. The zero-order chi connectivity index (χ0) is 22.8. The molecular weight excluding hydrogens is 545 g/mol. The van der Waals surface area contributed by atoms with Crippen LogP contribution in [-0.2, 0) is 25.7 Å². The van der Waals surface area contributed by atoms with E-state index in [1.54, 1.807) is 18.2 Å². The van der Waals surface area contributed by atoms with Crippen molar-refractivity contribution in [3.63, 3.8) is 0 Å². The smallest absolute Gasteiger partial charge is 0.340 e. The van der Waals surface area contributed by atoms with Crippen LogP contribution >= 0.6 is 34.2 Å². The van der Waals surface area contributed by atoms with Crippen molar-refractivity contribution in [1.82, 2.24) is 0 Å². The molecule has 2 aliphatic rings. The number of ether oxygens (including phenoxy) is 3. The van der Waals surface area contributed by atoms with Gasteiger partial charge in [0, 0.05) is 22.0 Å². The molecule has 1 aliphatic heterocycles. The van der Waals surface area contributed by atoms with Crippen molar-refractivity contribution in [2.24, 2.45) is 5.73 Å². The minimum atomic E-state index is -0.707. The highest BCUT2D eigenvalue weighted by atomic mass is 127. The van der Waals surface area contributed by atoms with E-state index in [1.165, 1.54) is 7.11 Å². The third-order valence-electron chi connectivity index (χ3n) is 5.49. The van der Waals surface area contributed by atoms with E-state index in [4.69, 9.17) is 31.5 Å². The summed E-state index contributed by atoms with van der Waals surface area (Å²) in [4.78, 5) is 25.3. The lowest BCUT2D eigenvalue weighted by Gasteiger charge is -2.32. The van der Waals surface area contributed by atoms with Gasteiger partial charge in [0.05, 0.1) is 18.1 Å². The van der Waals surface area contributed by atoms with Gasteiger partial charge in [-0.1, -0.05) is 29.8 Å². The highest BCUT2D eigenvalue weighted by Gasteiger charge is 2.41. The Morgan fingerprint density at radius 2 is 1.97 bits per heavy atom. The lowest BCUT2D eigenvalue weighted by Crippen LogP contribution is -2.31. The van der Waals surface area contributed by atoms with Gasteiger partial charge in [-0.15, -0.1) is 0 Å². The first-order valence-electron chi connectivity index (χ1n) is 10.1. The average molecular weight is 566 g/mol. The summed E-state index contributed by atoms with van der Waals surface area (Å²) in [6.45, 7) is 0.362. The van der Waals surface area contributed by atoms with E-state index in [1.807, 2.05) is 24.3 Å². The second-order valence-electron chi connectivity index (χ2n) is 7.52. The van der Waals surface area contributed by atoms with Crippen LogP contribution < -0.4 is 10.5 Å². The van der Waals surface area contributed by atoms with Crippen molar-refractivity contribution in [3.05, 3.63) is 85.0 Å². The fraction of sp³-hybridized carbons (Fsp3) is 0.250. The van der Waals surface area contributed by atoms with E-state index in [0.717, 1.165) is 9.13 Å². The average Bonchev–Trinajstić information content (AvgIpc) is 2.78. The number of carbonyl (C=O) groups excluding carboxylic acids is 2.